The highest BCUT2D eigenvalue weighted by atomic mass is 16.2. The number of carbonyl (C=O) groups is 1. The van der Waals surface area contributed by atoms with Crippen molar-refractivity contribution in [3.63, 3.8) is 0 Å². The van der Waals surface area contributed by atoms with Gasteiger partial charge in [0.05, 0.1) is 0 Å². The van der Waals surface area contributed by atoms with Crippen LogP contribution in [0.1, 0.15) is 29.2 Å². The van der Waals surface area contributed by atoms with E-state index in [1.807, 2.05) is 36.3 Å². The van der Waals surface area contributed by atoms with Crippen molar-refractivity contribution < 1.29 is 4.79 Å². The van der Waals surface area contributed by atoms with Gasteiger partial charge in [0, 0.05) is 45.1 Å². The summed E-state index contributed by atoms with van der Waals surface area (Å²) in [6.45, 7) is 6.51. The van der Waals surface area contributed by atoms with Crippen LogP contribution in [0.5, 0.6) is 0 Å². The summed E-state index contributed by atoms with van der Waals surface area (Å²) in [5.74, 6) is 0.203. The average molecular weight is 367 g/mol. The highest BCUT2D eigenvalue weighted by Gasteiger charge is 2.29. The summed E-state index contributed by atoms with van der Waals surface area (Å²) in [5.41, 5.74) is 3.55. The van der Waals surface area contributed by atoms with Crippen molar-refractivity contribution in [2.24, 2.45) is 0 Å². The first-order valence-electron chi connectivity index (χ1n) is 9.67. The third-order valence-corrected chi connectivity index (χ3v) is 5.20. The van der Waals surface area contributed by atoms with E-state index < -0.39 is 0 Å². The van der Waals surface area contributed by atoms with Crippen LogP contribution in [0, 0.1) is 6.92 Å². The number of carbonyl (C=O) groups excluding carboxylic acids is 1. The second-order valence-corrected chi connectivity index (χ2v) is 7.59. The van der Waals surface area contributed by atoms with Crippen LogP contribution in [-0.2, 0) is 11.3 Å². The Labute approximate surface area is 162 Å². The molecule has 2 heterocycles. The number of hydrogen-bond donors (Lipinski definition) is 0. The molecule has 0 spiro atoms. The van der Waals surface area contributed by atoms with Crippen LogP contribution in [0.2, 0.25) is 0 Å². The number of likely N-dealkylation sites (N-methyl/N-ethyl adjacent to an activating group) is 1. The molecule has 1 aliphatic rings. The Bertz CT molecular complexity index is 730. The SMILES string of the molecule is Cc1ccc(C(C(=O)N2CCCN(Cc3ccncc3)CC2)N(C)C)cc1. The van der Waals surface area contributed by atoms with Gasteiger partial charge in [-0.25, -0.2) is 0 Å². The Morgan fingerprint density at radius 1 is 1.04 bits per heavy atom. The van der Waals surface area contributed by atoms with E-state index in [4.69, 9.17) is 0 Å². The number of aromatic nitrogens is 1. The molecule has 1 amide bonds. The van der Waals surface area contributed by atoms with Crippen LogP contribution < -0.4 is 0 Å². The fourth-order valence-corrected chi connectivity index (χ4v) is 3.68. The zero-order valence-corrected chi connectivity index (χ0v) is 16.6. The van der Waals surface area contributed by atoms with Gasteiger partial charge in [-0.1, -0.05) is 29.8 Å². The molecular weight excluding hydrogens is 336 g/mol. The van der Waals surface area contributed by atoms with Gasteiger partial charge in [0.25, 0.3) is 0 Å². The van der Waals surface area contributed by atoms with Crippen molar-refractivity contribution in [3.8, 4) is 0 Å². The summed E-state index contributed by atoms with van der Waals surface area (Å²) in [6, 6.07) is 12.2. The second kappa shape index (κ2) is 9.11. The summed E-state index contributed by atoms with van der Waals surface area (Å²) >= 11 is 0. The van der Waals surface area contributed by atoms with Gasteiger partial charge in [-0.05, 0) is 50.7 Å². The van der Waals surface area contributed by atoms with E-state index in [1.54, 1.807) is 0 Å². The van der Waals surface area contributed by atoms with Crippen LogP contribution in [0.4, 0.5) is 0 Å². The quantitative estimate of drug-likeness (QED) is 0.816. The highest BCUT2D eigenvalue weighted by Crippen LogP contribution is 2.22. The number of pyridine rings is 1. The van der Waals surface area contributed by atoms with Crippen molar-refractivity contribution in [1.82, 2.24) is 19.7 Å². The minimum absolute atomic E-state index is 0.203. The topological polar surface area (TPSA) is 39.7 Å². The van der Waals surface area contributed by atoms with Crippen molar-refractivity contribution in [2.75, 3.05) is 40.3 Å². The van der Waals surface area contributed by atoms with Gasteiger partial charge in [0.15, 0.2) is 0 Å². The van der Waals surface area contributed by atoms with Crippen LogP contribution >= 0.6 is 0 Å². The van der Waals surface area contributed by atoms with E-state index in [1.165, 1.54) is 11.1 Å². The maximum absolute atomic E-state index is 13.3. The fraction of sp³-hybridized carbons (Fsp3) is 0.455. The zero-order valence-electron chi connectivity index (χ0n) is 16.6. The van der Waals surface area contributed by atoms with E-state index in [2.05, 4.69) is 53.2 Å². The summed E-state index contributed by atoms with van der Waals surface area (Å²) in [4.78, 5) is 23.9. The minimum Gasteiger partial charge on any atom is -0.340 e. The molecule has 1 unspecified atom stereocenters. The van der Waals surface area contributed by atoms with Gasteiger partial charge in [-0.3, -0.25) is 19.6 Å². The lowest BCUT2D eigenvalue weighted by Crippen LogP contribution is -2.42. The highest BCUT2D eigenvalue weighted by molar-refractivity contribution is 5.83. The average Bonchev–Trinajstić information content (AvgIpc) is 2.90. The Morgan fingerprint density at radius 3 is 2.41 bits per heavy atom. The third kappa shape index (κ3) is 5.15. The molecular formula is C22H30N4O. The van der Waals surface area contributed by atoms with Gasteiger partial charge in [0.1, 0.15) is 6.04 Å². The molecule has 5 nitrogen and oxygen atoms in total. The smallest absolute Gasteiger partial charge is 0.244 e. The second-order valence-electron chi connectivity index (χ2n) is 7.59. The number of nitrogens with zero attached hydrogens (tertiary/aromatic N) is 4. The Morgan fingerprint density at radius 2 is 1.74 bits per heavy atom. The summed E-state index contributed by atoms with van der Waals surface area (Å²) in [5, 5.41) is 0. The molecule has 1 aromatic heterocycles. The molecule has 1 fully saturated rings. The van der Waals surface area contributed by atoms with Gasteiger partial charge < -0.3 is 4.90 Å². The molecule has 3 rings (SSSR count). The lowest BCUT2D eigenvalue weighted by atomic mass is 10.0. The molecule has 0 aliphatic carbocycles. The monoisotopic (exact) mass is 366 g/mol. The molecule has 144 valence electrons. The van der Waals surface area contributed by atoms with Crippen molar-refractivity contribution in [1.29, 1.82) is 0 Å². The third-order valence-electron chi connectivity index (χ3n) is 5.20. The largest absolute Gasteiger partial charge is 0.340 e. The van der Waals surface area contributed by atoms with Crippen LogP contribution in [-0.4, -0.2) is 65.9 Å². The standard InChI is InChI=1S/C22H30N4O/c1-18-5-7-20(8-6-18)21(24(2)3)22(27)26-14-4-13-25(15-16-26)17-19-9-11-23-12-10-19/h5-12,21H,4,13-17H2,1-3H3. The summed E-state index contributed by atoms with van der Waals surface area (Å²) in [6.07, 6.45) is 4.68. The zero-order chi connectivity index (χ0) is 19.2. The fourth-order valence-electron chi connectivity index (χ4n) is 3.68. The maximum Gasteiger partial charge on any atom is 0.244 e. The lowest BCUT2D eigenvalue weighted by Gasteiger charge is -2.30. The Balaban J connectivity index is 1.66. The van der Waals surface area contributed by atoms with E-state index >= 15 is 0 Å². The number of hydrogen-bond acceptors (Lipinski definition) is 4. The number of amides is 1. The van der Waals surface area contributed by atoms with E-state index in [0.29, 0.717) is 0 Å². The molecule has 1 atom stereocenters. The first-order valence-corrected chi connectivity index (χ1v) is 9.67. The van der Waals surface area contributed by atoms with Gasteiger partial charge in [-0.2, -0.15) is 0 Å². The summed E-state index contributed by atoms with van der Waals surface area (Å²) in [7, 11) is 3.96. The molecule has 27 heavy (non-hydrogen) atoms. The predicted molar refractivity (Wildman–Crippen MR) is 108 cm³/mol. The van der Waals surface area contributed by atoms with Crippen molar-refractivity contribution >= 4 is 5.91 Å². The molecule has 2 aromatic rings. The number of rotatable bonds is 5. The Kier molecular flexibility index (Phi) is 6.58. The van der Waals surface area contributed by atoms with E-state index in [-0.39, 0.29) is 11.9 Å². The molecule has 0 N–H and O–H groups in total. The number of aryl methyl sites for hydroxylation is 1. The van der Waals surface area contributed by atoms with Gasteiger partial charge in [-0.15, -0.1) is 0 Å². The molecule has 0 radical (unpaired) electrons. The first kappa shape index (κ1) is 19.5. The number of benzene rings is 1. The van der Waals surface area contributed by atoms with Crippen molar-refractivity contribution in [2.45, 2.75) is 25.9 Å². The maximum atomic E-state index is 13.3. The predicted octanol–water partition coefficient (Wildman–Crippen LogP) is 2.73. The van der Waals surface area contributed by atoms with Crippen LogP contribution in [0.25, 0.3) is 0 Å². The van der Waals surface area contributed by atoms with E-state index in [0.717, 1.165) is 44.7 Å². The summed E-state index contributed by atoms with van der Waals surface area (Å²) < 4.78 is 0. The van der Waals surface area contributed by atoms with Crippen LogP contribution in [0.15, 0.2) is 48.8 Å². The molecule has 1 saturated heterocycles. The van der Waals surface area contributed by atoms with Gasteiger partial charge in [0.2, 0.25) is 5.91 Å². The van der Waals surface area contributed by atoms with E-state index in [9.17, 15) is 4.79 Å². The van der Waals surface area contributed by atoms with Crippen molar-refractivity contribution in [3.05, 3.63) is 65.5 Å². The normalized spacial score (nSPS) is 17.0. The molecule has 1 aromatic carbocycles. The van der Waals surface area contributed by atoms with Crippen LogP contribution in [0.3, 0.4) is 0 Å². The molecule has 1 aliphatic heterocycles. The van der Waals surface area contributed by atoms with Gasteiger partial charge >= 0.3 is 0 Å². The molecule has 0 saturated carbocycles. The first-order chi connectivity index (χ1) is 13.0. The Hall–Kier alpha value is -2.24. The minimum atomic E-state index is -0.225. The molecule has 0 bridgehead atoms. The molecule has 5 heteroatoms. The lowest BCUT2D eigenvalue weighted by molar-refractivity contribution is -0.136.